The molecule has 0 aliphatic rings. The monoisotopic (exact) mass is 367 g/mol. The van der Waals surface area contributed by atoms with Gasteiger partial charge in [-0.15, -0.1) is 0 Å². The van der Waals surface area contributed by atoms with Gasteiger partial charge < -0.3 is 0 Å². The minimum Gasteiger partial charge on any atom is -0.282 e. The Kier molecular flexibility index (Phi) is 4.22. The lowest BCUT2D eigenvalue weighted by Gasteiger charge is -2.12. The summed E-state index contributed by atoms with van der Waals surface area (Å²) in [5, 5.41) is 9.33. The van der Waals surface area contributed by atoms with Gasteiger partial charge in [-0.3, -0.25) is 4.57 Å². The lowest BCUT2D eigenvalue weighted by atomic mass is 10.1. The average Bonchev–Trinajstić information content (AvgIpc) is 2.89. The zero-order valence-electron chi connectivity index (χ0n) is 11.7. The van der Waals surface area contributed by atoms with E-state index in [1.54, 1.807) is 6.07 Å². The highest BCUT2D eigenvalue weighted by Gasteiger charge is 2.26. The van der Waals surface area contributed by atoms with Gasteiger partial charge in [0.2, 0.25) is 5.82 Å². The van der Waals surface area contributed by atoms with E-state index in [0.717, 1.165) is 10.6 Å². The minimum atomic E-state index is -1.42. The molecule has 0 saturated heterocycles. The molecule has 0 aliphatic carbocycles. The van der Waals surface area contributed by atoms with Crippen molar-refractivity contribution in [2.75, 3.05) is 0 Å². The van der Waals surface area contributed by atoms with E-state index in [0.29, 0.717) is 16.8 Å². The van der Waals surface area contributed by atoms with Crippen LogP contribution >= 0.6 is 23.2 Å². The molecule has 0 atom stereocenters. The van der Waals surface area contributed by atoms with E-state index >= 15 is 0 Å². The molecule has 0 saturated carbocycles. The maximum Gasteiger partial charge on any atom is 0.219 e. The Bertz CT molecular complexity index is 976. The van der Waals surface area contributed by atoms with E-state index < -0.39 is 23.0 Å². The van der Waals surface area contributed by atoms with Gasteiger partial charge in [-0.1, -0.05) is 23.2 Å². The normalized spacial score (nSPS) is 10.7. The standard InChI is InChI=1S/C16H6Cl2F3N3/c17-8-1-3-9(4-2-8)24-12(7-22)23-16(18)15(24)13-10(19)5-6-11(20)14(13)21/h1-6H. The molecule has 0 fully saturated rings. The fourth-order valence-corrected chi connectivity index (χ4v) is 2.65. The molecular formula is C16H6Cl2F3N3. The van der Waals surface area contributed by atoms with Crippen LogP contribution in [0.15, 0.2) is 36.4 Å². The van der Waals surface area contributed by atoms with Gasteiger partial charge in [-0.2, -0.15) is 5.26 Å². The molecule has 0 radical (unpaired) electrons. The fraction of sp³-hybridized carbons (Fsp3) is 0. The first-order valence-electron chi connectivity index (χ1n) is 6.52. The van der Waals surface area contributed by atoms with Crippen LogP contribution in [-0.2, 0) is 0 Å². The van der Waals surface area contributed by atoms with Crippen LogP contribution in [0.1, 0.15) is 5.82 Å². The Morgan fingerprint density at radius 1 is 0.958 bits per heavy atom. The molecule has 120 valence electrons. The van der Waals surface area contributed by atoms with Crippen molar-refractivity contribution in [3.05, 3.63) is 69.9 Å². The number of hydrogen-bond donors (Lipinski definition) is 0. The number of benzene rings is 2. The summed E-state index contributed by atoms with van der Waals surface area (Å²) in [5.41, 5.74) is -0.623. The zero-order chi connectivity index (χ0) is 17.4. The minimum absolute atomic E-state index is 0.208. The number of halogens is 5. The third kappa shape index (κ3) is 2.62. The predicted octanol–water partition coefficient (Wildman–Crippen LogP) is 5.14. The van der Waals surface area contributed by atoms with Crippen molar-refractivity contribution in [2.45, 2.75) is 0 Å². The number of imidazole rings is 1. The van der Waals surface area contributed by atoms with Crippen LogP contribution in [0.3, 0.4) is 0 Å². The van der Waals surface area contributed by atoms with E-state index in [9.17, 15) is 18.4 Å². The number of hydrogen-bond acceptors (Lipinski definition) is 2. The van der Waals surface area contributed by atoms with Gasteiger partial charge in [-0.05, 0) is 36.4 Å². The van der Waals surface area contributed by atoms with Gasteiger partial charge in [-0.25, -0.2) is 18.2 Å². The second-order valence-electron chi connectivity index (χ2n) is 4.72. The Balaban J connectivity index is 2.39. The molecule has 0 N–H and O–H groups in total. The van der Waals surface area contributed by atoms with Crippen molar-refractivity contribution >= 4 is 23.2 Å². The number of rotatable bonds is 2. The molecule has 0 aliphatic heterocycles. The van der Waals surface area contributed by atoms with E-state index in [1.807, 2.05) is 0 Å². The molecule has 3 rings (SSSR count). The molecule has 0 spiro atoms. The largest absolute Gasteiger partial charge is 0.282 e. The second-order valence-corrected chi connectivity index (χ2v) is 5.51. The highest BCUT2D eigenvalue weighted by Crippen LogP contribution is 2.36. The Morgan fingerprint density at radius 2 is 1.58 bits per heavy atom. The molecule has 0 amide bonds. The lowest BCUT2D eigenvalue weighted by Crippen LogP contribution is -2.04. The van der Waals surface area contributed by atoms with Crippen molar-refractivity contribution in [3.63, 3.8) is 0 Å². The molecule has 3 aromatic rings. The highest BCUT2D eigenvalue weighted by atomic mass is 35.5. The van der Waals surface area contributed by atoms with Crippen LogP contribution in [0, 0.1) is 28.8 Å². The molecule has 0 unspecified atom stereocenters. The van der Waals surface area contributed by atoms with Crippen molar-refractivity contribution in [1.82, 2.24) is 9.55 Å². The predicted molar refractivity (Wildman–Crippen MR) is 83.6 cm³/mol. The van der Waals surface area contributed by atoms with Crippen LogP contribution in [0.25, 0.3) is 16.9 Å². The smallest absolute Gasteiger partial charge is 0.219 e. The second kappa shape index (κ2) is 6.19. The third-order valence-electron chi connectivity index (χ3n) is 3.30. The van der Waals surface area contributed by atoms with E-state index in [1.165, 1.54) is 24.3 Å². The first-order valence-corrected chi connectivity index (χ1v) is 7.27. The molecule has 8 heteroatoms. The first-order chi connectivity index (χ1) is 11.4. The molecule has 2 aromatic carbocycles. The van der Waals surface area contributed by atoms with E-state index in [4.69, 9.17) is 23.2 Å². The Hall–Kier alpha value is -2.49. The Labute approximate surface area is 144 Å². The third-order valence-corrected chi connectivity index (χ3v) is 3.82. The van der Waals surface area contributed by atoms with E-state index in [-0.39, 0.29) is 16.7 Å². The molecular weight excluding hydrogens is 362 g/mol. The summed E-state index contributed by atoms with van der Waals surface area (Å²) in [6.07, 6.45) is 0. The lowest BCUT2D eigenvalue weighted by molar-refractivity contribution is 0.498. The number of aromatic nitrogens is 2. The van der Waals surface area contributed by atoms with E-state index in [2.05, 4.69) is 4.98 Å². The summed E-state index contributed by atoms with van der Waals surface area (Å²) in [7, 11) is 0. The van der Waals surface area contributed by atoms with Gasteiger partial charge in [0, 0.05) is 10.7 Å². The van der Waals surface area contributed by atoms with Crippen molar-refractivity contribution in [1.29, 1.82) is 5.26 Å². The first kappa shape index (κ1) is 16.4. The summed E-state index contributed by atoms with van der Waals surface area (Å²) >= 11 is 11.8. The maximum absolute atomic E-state index is 14.2. The van der Waals surface area contributed by atoms with Crippen LogP contribution in [0.2, 0.25) is 10.2 Å². The number of nitriles is 1. The van der Waals surface area contributed by atoms with Crippen LogP contribution in [-0.4, -0.2) is 9.55 Å². The summed E-state index contributed by atoms with van der Waals surface area (Å²) in [6.45, 7) is 0. The average molecular weight is 368 g/mol. The molecule has 1 aromatic heterocycles. The number of nitrogens with zero attached hydrogens (tertiary/aromatic N) is 3. The van der Waals surface area contributed by atoms with Crippen molar-refractivity contribution in [3.8, 4) is 23.0 Å². The molecule has 3 nitrogen and oxygen atoms in total. The van der Waals surface area contributed by atoms with Crippen LogP contribution < -0.4 is 0 Å². The van der Waals surface area contributed by atoms with Crippen molar-refractivity contribution in [2.24, 2.45) is 0 Å². The van der Waals surface area contributed by atoms with Gasteiger partial charge in [0.1, 0.15) is 11.9 Å². The quantitative estimate of drug-likeness (QED) is 0.588. The zero-order valence-corrected chi connectivity index (χ0v) is 13.2. The summed E-state index contributed by atoms with van der Waals surface area (Å²) < 4.78 is 43.0. The van der Waals surface area contributed by atoms with Gasteiger partial charge in [0.15, 0.2) is 16.8 Å². The van der Waals surface area contributed by atoms with Crippen LogP contribution in [0.4, 0.5) is 13.2 Å². The fourth-order valence-electron chi connectivity index (χ4n) is 2.27. The summed E-state index contributed by atoms with van der Waals surface area (Å²) in [5.74, 6) is -3.91. The van der Waals surface area contributed by atoms with Crippen molar-refractivity contribution < 1.29 is 13.2 Å². The molecule has 1 heterocycles. The van der Waals surface area contributed by atoms with Gasteiger partial charge >= 0.3 is 0 Å². The van der Waals surface area contributed by atoms with Gasteiger partial charge in [0.05, 0.1) is 11.3 Å². The topological polar surface area (TPSA) is 41.6 Å². The van der Waals surface area contributed by atoms with Gasteiger partial charge in [0.25, 0.3) is 0 Å². The summed E-state index contributed by atoms with van der Waals surface area (Å²) in [6, 6.07) is 9.30. The molecule has 24 heavy (non-hydrogen) atoms. The highest BCUT2D eigenvalue weighted by molar-refractivity contribution is 6.32. The molecule has 0 bridgehead atoms. The Morgan fingerprint density at radius 3 is 2.21 bits per heavy atom. The SMILES string of the molecule is N#Cc1nc(Cl)c(-c2c(F)ccc(F)c2F)n1-c1ccc(Cl)cc1. The summed E-state index contributed by atoms with van der Waals surface area (Å²) in [4.78, 5) is 3.79. The maximum atomic E-state index is 14.2. The van der Waals surface area contributed by atoms with Crippen LogP contribution in [0.5, 0.6) is 0 Å².